The van der Waals surface area contributed by atoms with Crippen LogP contribution in [0, 0.1) is 0 Å². The van der Waals surface area contributed by atoms with Crippen molar-refractivity contribution in [3.63, 3.8) is 0 Å². The van der Waals surface area contributed by atoms with E-state index in [9.17, 15) is 4.79 Å². The van der Waals surface area contributed by atoms with Crippen LogP contribution in [0.5, 0.6) is 0 Å². The van der Waals surface area contributed by atoms with Gasteiger partial charge in [0.1, 0.15) is 6.61 Å². The average molecular weight is 214 g/mol. The number of hydrogen-bond donors (Lipinski definition) is 2. The monoisotopic (exact) mass is 214 g/mol. The smallest absolute Gasteiger partial charge is 0.407 e. The fourth-order valence-corrected chi connectivity index (χ4v) is 1.85. The quantitative estimate of drug-likeness (QED) is 0.686. The molecule has 1 aliphatic carbocycles. The van der Waals surface area contributed by atoms with E-state index >= 15 is 0 Å². The highest BCUT2D eigenvalue weighted by Gasteiger charge is 2.30. The molecule has 4 heteroatoms. The number of hydrogen-bond acceptors (Lipinski definition) is 3. The lowest BCUT2D eigenvalue weighted by Gasteiger charge is -2.22. The number of amides is 1. The maximum Gasteiger partial charge on any atom is 0.407 e. The molecule has 0 aromatic heterocycles. The van der Waals surface area contributed by atoms with Gasteiger partial charge in [-0.2, -0.15) is 0 Å². The van der Waals surface area contributed by atoms with Gasteiger partial charge in [0.15, 0.2) is 0 Å². The molecule has 0 saturated heterocycles. The molecule has 1 rings (SSSR count). The van der Waals surface area contributed by atoms with Crippen molar-refractivity contribution in [1.82, 2.24) is 5.32 Å². The summed E-state index contributed by atoms with van der Waals surface area (Å²) < 4.78 is 5.10. The second-order valence-electron chi connectivity index (χ2n) is 4.43. The maximum atomic E-state index is 11.2. The van der Waals surface area contributed by atoms with Gasteiger partial charge in [-0.3, -0.25) is 0 Å². The minimum atomic E-state index is -0.333. The van der Waals surface area contributed by atoms with Crippen molar-refractivity contribution in [3.05, 3.63) is 0 Å². The van der Waals surface area contributed by atoms with E-state index in [2.05, 4.69) is 12.2 Å². The zero-order valence-electron chi connectivity index (χ0n) is 9.55. The van der Waals surface area contributed by atoms with Crippen molar-refractivity contribution >= 4 is 6.09 Å². The number of carbonyl (C=O) groups is 1. The van der Waals surface area contributed by atoms with Crippen molar-refractivity contribution in [1.29, 1.82) is 0 Å². The summed E-state index contributed by atoms with van der Waals surface area (Å²) in [5.74, 6) is 0. The molecule has 0 aromatic rings. The SMILES string of the molecule is CCCCNC(=O)OCC1(N)CCCC1. The van der Waals surface area contributed by atoms with Gasteiger partial charge < -0.3 is 15.8 Å². The predicted molar refractivity (Wildman–Crippen MR) is 59.6 cm³/mol. The standard InChI is InChI=1S/C11H22N2O2/c1-2-3-8-13-10(14)15-9-11(12)6-4-5-7-11/h2-9,12H2,1H3,(H,13,14). The van der Waals surface area contributed by atoms with Crippen LogP contribution in [0.2, 0.25) is 0 Å². The summed E-state index contributed by atoms with van der Waals surface area (Å²) in [6.07, 6.45) is 5.96. The van der Waals surface area contributed by atoms with Gasteiger partial charge in [-0.15, -0.1) is 0 Å². The maximum absolute atomic E-state index is 11.2. The van der Waals surface area contributed by atoms with Gasteiger partial charge in [0.25, 0.3) is 0 Å². The van der Waals surface area contributed by atoms with Crippen LogP contribution in [0.3, 0.4) is 0 Å². The first kappa shape index (κ1) is 12.3. The Hall–Kier alpha value is -0.770. The summed E-state index contributed by atoms with van der Waals surface area (Å²) >= 11 is 0. The van der Waals surface area contributed by atoms with Crippen molar-refractivity contribution in [3.8, 4) is 0 Å². The van der Waals surface area contributed by atoms with Crippen molar-refractivity contribution < 1.29 is 9.53 Å². The second kappa shape index (κ2) is 5.95. The van der Waals surface area contributed by atoms with Crippen LogP contribution in [-0.2, 0) is 4.74 Å². The third-order valence-corrected chi connectivity index (χ3v) is 2.89. The number of rotatable bonds is 5. The van der Waals surface area contributed by atoms with Gasteiger partial charge in [0.2, 0.25) is 0 Å². The molecule has 0 heterocycles. The van der Waals surface area contributed by atoms with Crippen molar-refractivity contribution in [2.24, 2.45) is 5.73 Å². The Bertz CT molecular complexity index is 201. The molecular weight excluding hydrogens is 192 g/mol. The minimum Gasteiger partial charge on any atom is -0.448 e. The number of alkyl carbamates (subject to hydrolysis) is 1. The summed E-state index contributed by atoms with van der Waals surface area (Å²) in [5.41, 5.74) is 5.80. The first-order valence-electron chi connectivity index (χ1n) is 5.86. The third kappa shape index (κ3) is 4.51. The molecule has 0 spiro atoms. The molecule has 0 unspecified atom stereocenters. The number of unbranched alkanes of at least 4 members (excludes halogenated alkanes) is 1. The molecular formula is C11H22N2O2. The molecule has 3 N–H and O–H groups in total. The van der Waals surface area contributed by atoms with Crippen LogP contribution in [0.25, 0.3) is 0 Å². The minimum absolute atomic E-state index is 0.262. The van der Waals surface area contributed by atoms with E-state index in [1.807, 2.05) is 0 Å². The van der Waals surface area contributed by atoms with Crippen LogP contribution in [0.4, 0.5) is 4.79 Å². The number of nitrogens with one attached hydrogen (secondary N) is 1. The average Bonchev–Trinajstić information content (AvgIpc) is 2.64. The molecule has 1 fully saturated rings. The first-order chi connectivity index (χ1) is 7.16. The highest BCUT2D eigenvalue weighted by atomic mass is 16.5. The molecule has 0 aliphatic heterocycles. The molecule has 1 saturated carbocycles. The molecule has 1 aliphatic rings. The van der Waals surface area contributed by atoms with Crippen LogP contribution in [0.15, 0.2) is 0 Å². The fraction of sp³-hybridized carbons (Fsp3) is 0.909. The summed E-state index contributed by atoms with van der Waals surface area (Å²) in [6.45, 7) is 3.12. The van der Waals surface area contributed by atoms with Gasteiger partial charge in [-0.05, 0) is 19.3 Å². The third-order valence-electron chi connectivity index (χ3n) is 2.89. The molecule has 0 aromatic carbocycles. The Balaban J connectivity index is 2.10. The van der Waals surface area contributed by atoms with E-state index in [1.165, 1.54) is 0 Å². The van der Waals surface area contributed by atoms with Gasteiger partial charge in [0, 0.05) is 6.54 Å². The number of carbonyl (C=O) groups excluding carboxylic acids is 1. The van der Waals surface area contributed by atoms with E-state index in [1.54, 1.807) is 0 Å². The number of nitrogens with two attached hydrogens (primary N) is 1. The van der Waals surface area contributed by atoms with Gasteiger partial charge >= 0.3 is 6.09 Å². The highest BCUT2D eigenvalue weighted by molar-refractivity contribution is 5.67. The molecule has 1 amide bonds. The molecule has 0 bridgehead atoms. The normalized spacial score (nSPS) is 18.8. The zero-order valence-corrected chi connectivity index (χ0v) is 9.55. The molecule has 88 valence electrons. The highest BCUT2D eigenvalue weighted by Crippen LogP contribution is 2.27. The van der Waals surface area contributed by atoms with Crippen LogP contribution < -0.4 is 11.1 Å². The van der Waals surface area contributed by atoms with E-state index in [0.717, 1.165) is 38.5 Å². The van der Waals surface area contributed by atoms with Crippen LogP contribution in [0.1, 0.15) is 45.4 Å². The van der Waals surface area contributed by atoms with Gasteiger partial charge in [-0.1, -0.05) is 26.2 Å². The lowest BCUT2D eigenvalue weighted by molar-refractivity contribution is 0.117. The van der Waals surface area contributed by atoms with E-state index < -0.39 is 0 Å². The summed E-state index contributed by atoms with van der Waals surface area (Å²) in [4.78, 5) is 11.2. The summed E-state index contributed by atoms with van der Waals surface area (Å²) in [6, 6.07) is 0. The van der Waals surface area contributed by atoms with Crippen molar-refractivity contribution in [2.45, 2.75) is 51.0 Å². The Morgan fingerprint density at radius 2 is 2.13 bits per heavy atom. The van der Waals surface area contributed by atoms with Crippen molar-refractivity contribution in [2.75, 3.05) is 13.2 Å². The van der Waals surface area contributed by atoms with Crippen LogP contribution in [-0.4, -0.2) is 24.8 Å². The molecule has 0 atom stereocenters. The first-order valence-corrected chi connectivity index (χ1v) is 5.86. The fourth-order valence-electron chi connectivity index (χ4n) is 1.85. The van der Waals surface area contributed by atoms with Gasteiger partial charge in [-0.25, -0.2) is 4.79 Å². The van der Waals surface area contributed by atoms with E-state index in [4.69, 9.17) is 10.5 Å². The van der Waals surface area contributed by atoms with Crippen LogP contribution >= 0.6 is 0 Å². The Morgan fingerprint density at radius 3 is 2.73 bits per heavy atom. The largest absolute Gasteiger partial charge is 0.448 e. The predicted octanol–water partition coefficient (Wildman–Crippen LogP) is 1.78. The van der Waals surface area contributed by atoms with E-state index in [0.29, 0.717) is 13.2 Å². The lowest BCUT2D eigenvalue weighted by Crippen LogP contribution is -2.43. The zero-order chi connectivity index (χ0) is 11.1. The molecule has 15 heavy (non-hydrogen) atoms. The lowest BCUT2D eigenvalue weighted by atomic mass is 10.0. The molecule has 4 nitrogen and oxygen atoms in total. The van der Waals surface area contributed by atoms with Gasteiger partial charge in [0.05, 0.1) is 5.54 Å². The Kier molecular flexibility index (Phi) is 4.88. The summed E-state index contributed by atoms with van der Waals surface area (Å²) in [5, 5.41) is 2.71. The van der Waals surface area contributed by atoms with E-state index in [-0.39, 0.29) is 11.6 Å². The number of ether oxygens (including phenoxy) is 1. The second-order valence-corrected chi connectivity index (χ2v) is 4.43. The Morgan fingerprint density at radius 1 is 1.47 bits per heavy atom. The molecule has 0 radical (unpaired) electrons. The summed E-state index contributed by atoms with van der Waals surface area (Å²) in [7, 11) is 0. The topological polar surface area (TPSA) is 64.3 Å². The Labute approximate surface area is 91.5 Å².